The van der Waals surface area contributed by atoms with Gasteiger partial charge < -0.3 is 5.11 Å². The zero-order valence-electron chi connectivity index (χ0n) is 17.3. The maximum atomic E-state index is 11.0. The number of benzene rings is 2. The van der Waals surface area contributed by atoms with Crippen molar-refractivity contribution in [3.8, 4) is 16.8 Å². The molecule has 1 aromatic heterocycles. The lowest BCUT2D eigenvalue weighted by Crippen LogP contribution is -2.49. The number of likely N-dealkylation sites (tertiary alicyclic amines) is 1. The van der Waals surface area contributed by atoms with Crippen LogP contribution in [0.25, 0.3) is 16.8 Å². The molecule has 1 N–H and O–H groups in total. The average Bonchev–Trinajstić information content (AvgIpc) is 3.15. The van der Waals surface area contributed by atoms with E-state index >= 15 is 0 Å². The third-order valence-corrected chi connectivity index (χ3v) is 6.39. The number of fused-ring (bicyclic) bond motifs is 3. The maximum Gasteiger partial charge on any atom is 0.309 e. The van der Waals surface area contributed by atoms with Crippen molar-refractivity contribution in [3.05, 3.63) is 71.0 Å². The van der Waals surface area contributed by atoms with Gasteiger partial charge in [0, 0.05) is 25.2 Å². The molecule has 1 aliphatic carbocycles. The Morgan fingerprint density at radius 3 is 2.57 bits per heavy atom. The van der Waals surface area contributed by atoms with Crippen LogP contribution < -0.4 is 0 Å². The summed E-state index contributed by atoms with van der Waals surface area (Å²) in [5.74, 6) is -0.881. The molecular formula is C25H27N3O2. The zero-order chi connectivity index (χ0) is 20.7. The largest absolute Gasteiger partial charge is 0.481 e. The fourth-order valence-electron chi connectivity index (χ4n) is 4.74. The van der Waals surface area contributed by atoms with Gasteiger partial charge in [-0.05, 0) is 53.6 Å². The van der Waals surface area contributed by atoms with Crippen molar-refractivity contribution in [2.75, 3.05) is 13.1 Å². The smallest absolute Gasteiger partial charge is 0.309 e. The van der Waals surface area contributed by atoms with E-state index in [-0.39, 0.29) is 5.92 Å². The van der Waals surface area contributed by atoms with Gasteiger partial charge in [-0.25, -0.2) is 4.68 Å². The van der Waals surface area contributed by atoms with E-state index in [9.17, 15) is 4.79 Å². The molecule has 5 rings (SSSR count). The van der Waals surface area contributed by atoms with Crippen molar-refractivity contribution in [1.82, 2.24) is 14.7 Å². The molecule has 5 heteroatoms. The Balaban J connectivity index is 1.36. The van der Waals surface area contributed by atoms with E-state index < -0.39 is 5.97 Å². The molecule has 0 spiro atoms. The third kappa shape index (κ3) is 3.43. The number of hydrogen-bond acceptors (Lipinski definition) is 3. The van der Waals surface area contributed by atoms with E-state index in [1.54, 1.807) is 0 Å². The molecule has 0 atom stereocenters. The molecule has 0 radical (unpaired) electrons. The fourth-order valence-corrected chi connectivity index (χ4v) is 4.74. The Kier molecular flexibility index (Phi) is 4.91. The quantitative estimate of drug-likeness (QED) is 0.675. The highest BCUT2D eigenvalue weighted by Crippen LogP contribution is 2.35. The molecule has 0 unspecified atom stereocenters. The summed E-state index contributed by atoms with van der Waals surface area (Å²) in [7, 11) is 0. The highest BCUT2D eigenvalue weighted by molar-refractivity contribution is 5.73. The molecule has 1 aliphatic heterocycles. The summed E-state index contributed by atoms with van der Waals surface area (Å²) in [5, 5.41) is 13.8. The van der Waals surface area contributed by atoms with E-state index in [1.165, 1.54) is 33.5 Å². The van der Waals surface area contributed by atoms with Gasteiger partial charge in [0.05, 0.1) is 23.5 Å². The minimum Gasteiger partial charge on any atom is -0.481 e. The Labute approximate surface area is 177 Å². The molecule has 0 saturated carbocycles. The van der Waals surface area contributed by atoms with Crippen LogP contribution in [0.2, 0.25) is 0 Å². The lowest BCUT2D eigenvalue weighted by atomic mass is 9.88. The summed E-state index contributed by atoms with van der Waals surface area (Å²) in [6.07, 6.45) is 6.26. The highest BCUT2D eigenvalue weighted by atomic mass is 16.4. The standard InChI is InChI=1S/C25H27N3O2/c1-2-3-17-4-8-21(9-5-17)28-24-11-7-19-12-18(6-10-22(19)23(24)13-26-28)14-27-15-20(16-27)25(29)30/h4-6,8-10,12-13,20H,2-3,7,11,14-16H2,1H3,(H,29,30). The van der Waals surface area contributed by atoms with E-state index in [0.29, 0.717) is 13.1 Å². The summed E-state index contributed by atoms with van der Waals surface area (Å²) in [5.41, 5.74) is 8.92. The van der Waals surface area contributed by atoms with Gasteiger partial charge in [0.2, 0.25) is 0 Å². The van der Waals surface area contributed by atoms with Gasteiger partial charge in [-0.15, -0.1) is 0 Å². The van der Waals surface area contributed by atoms with Crippen LogP contribution in [0.15, 0.2) is 48.7 Å². The molecule has 0 amide bonds. The van der Waals surface area contributed by atoms with Gasteiger partial charge in [-0.3, -0.25) is 9.69 Å². The van der Waals surface area contributed by atoms with Crippen molar-refractivity contribution < 1.29 is 9.90 Å². The SMILES string of the molecule is CCCc1ccc(-n2ncc3c2CCc2cc(CN4CC(C(=O)O)C4)ccc2-3)cc1. The lowest BCUT2D eigenvalue weighted by molar-refractivity contribution is -0.147. The second kappa shape index (κ2) is 7.73. The van der Waals surface area contributed by atoms with Gasteiger partial charge in [0.15, 0.2) is 0 Å². The van der Waals surface area contributed by atoms with Crippen LogP contribution in [-0.2, 0) is 30.6 Å². The minimum atomic E-state index is -0.679. The van der Waals surface area contributed by atoms with Crippen LogP contribution in [0.4, 0.5) is 0 Å². The summed E-state index contributed by atoms with van der Waals surface area (Å²) in [6.45, 7) is 4.34. The molecule has 1 saturated heterocycles. The van der Waals surface area contributed by atoms with E-state index in [0.717, 1.165) is 37.9 Å². The van der Waals surface area contributed by atoms with E-state index in [4.69, 9.17) is 10.2 Å². The number of aromatic nitrogens is 2. The van der Waals surface area contributed by atoms with Crippen molar-refractivity contribution >= 4 is 5.97 Å². The minimum absolute atomic E-state index is 0.202. The maximum absolute atomic E-state index is 11.0. The summed E-state index contributed by atoms with van der Waals surface area (Å²) < 4.78 is 2.09. The highest BCUT2D eigenvalue weighted by Gasteiger charge is 2.32. The van der Waals surface area contributed by atoms with Gasteiger partial charge in [-0.1, -0.05) is 43.7 Å². The average molecular weight is 402 g/mol. The Bertz CT molecular complexity index is 1080. The van der Waals surface area contributed by atoms with Crippen LogP contribution in [0, 0.1) is 5.92 Å². The first-order valence-corrected chi connectivity index (χ1v) is 10.9. The summed E-state index contributed by atoms with van der Waals surface area (Å²) >= 11 is 0. The number of carbonyl (C=O) groups is 1. The molecule has 30 heavy (non-hydrogen) atoms. The third-order valence-electron chi connectivity index (χ3n) is 6.39. The van der Waals surface area contributed by atoms with Crippen molar-refractivity contribution in [2.24, 2.45) is 5.92 Å². The van der Waals surface area contributed by atoms with Crippen LogP contribution in [0.5, 0.6) is 0 Å². The molecular weight excluding hydrogens is 374 g/mol. The molecule has 2 aromatic carbocycles. The number of hydrogen-bond donors (Lipinski definition) is 1. The number of aliphatic carboxylic acids is 1. The van der Waals surface area contributed by atoms with Crippen molar-refractivity contribution in [2.45, 2.75) is 39.2 Å². The first kappa shape index (κ1) is 19.1. The Hall–Kier alpha value is -2.92. The first-order chi connectivity index (χ1) is 14.6. The van der Waals surface area contributed by atoms with E-state index in [1.807, 2.05) is 6.20 Å². The number of nitrogens with zero attached hydrogens (tertiary/aromatic N) is 3. The molecule has 5 nitrogen and oxygen atoms in total. The molecule has 2 aliphatic rings. The number of carboxylic acid groups (broad SMARTS) is 1. The van der Waals surface area contributed by atoms with Crippen LogP contribution >= 0.6 is 0 Å². The van der Waals surface area contributed by atoms with Crippen LogP contribution in [0.1, 0.15) is 35.7 Å². The Morgan fingerprint density at radius 2 is 1.83 bits per heavy atom. The van der Waals surface area contributed by atoms with Gasteiger partial charge in [0.1, 0.15) is 0 Å². The van der Waals surface area contributed by atoms with Gasteiger partial charge in [-0.2, -0.15) is 5.10 Å². The monoisotopic (exact) mass is 401 g/mol. The molecule has 154 valence electrons. The Morgan fingerprint density at radius 1 is 1.07 bits per heavy atom. The zero-order valence-corrected chi connectivity index (χ0v) is 17.3. The summed E-state index contributed by atoms with van der Waals surface area (Å²) in [6, 6.07) is 15.5. The van der Waals surface area contributed by atoms with Gasteiger partial charge >= 0.3 is 5.97 Å². The number of rotatable bonds is 6. The van der Waals surface area contributed by atoms with E-state index in [2.05, 4.69) is 59.0 Å². The predicted octanol–water partition coefficient (Wildman–Crippen LogP) is 4.11. The normalized spacial score (nSPS) is 16.0. The second-order valence-corrected chi connectivity index (χ2v) is 8.55. The van der Waals surface area contributed by atoms with Gasteiger partial charge in [0.25, 0.3) is 0 Å². The number of carboxylic acids is 1. The predicted molar refractivity (Wildman–Crippen MR) is 117 cm³/mol. The molecule has 1 fully saturated rings. The van der Waals surface area contributed by atoms with Crippen LogP contribution in [0.3, 0.4) is 0 Å². The number of aryl methyl sites for hydroxylation is 2. The van der Waals surface area contributed by atoms with Crippen molar-refractivity contribution in [3.63, 3.8) is 0 Å². The van der Waals surface area contributed by atoms with Crippen LogP contribution in [-0.4, -0.2) is 38.8 Å². The molecule has 0 bridgehead atoms. The topological polar surface area (TPSA) is 58.4 Å². The molecule has 2 heterocycles. The lowest BCUT2D eigenvalue weighted by Gasteiger charge is -2.36. The van der Waals surface area contributed by atoms with Crippen molar-refractivity contribution in [1.29, 1.82) is 0 Å². The first-order valence-electron chi connectivity index (χ1n) is 10.9. The second-order valence-electron chi connectivity index (χ2n) is 8.55. The fraction of sp³-hybridized carbons (Fsp3) is 0.360. The molecule has 3 aromatic rings. The summed E-state index contributed by atoms with van der Waals surface area (Å²) in [4.78, 5) is 13.2.